The van der Waals surface area contributed by atoms with Gasteiger partial charge in [-0.05, 0) is 32.2 Å². The van der Waals surface area contributed by atoms with E-state index in [2.05, 4.69) is 36.0 Å². The molecule has 128 valence electrons. The van der Waals surface area contributed by atoms with Crippen molar-refractivity contribution in [2.24, 2.45) is 11.8 Å². The second-order valence-corrected chi connectivity index (χ2v) is 7.70. The summed E-state index contributed by atoms with van der Waals surface area (Å²) in [5.74, 6) is 1.26. The highest BCUT2D eigenvalue weighted by atomic mass is 16.1. The SMILES string of the molecule is CC(C)CC(CNC(=O)C1CCCCC1)N1CCN(C)CC1. The monoisotopic (exact) mass is 309 g/mol. The van der Waals surface area contributed by atoms with Crippen LogP contribution in [0.25, 0.3) is 0 Å². The van der Waals surface area contributed by atoms with Gasteiger partial charge in [0.15, 0.2) is 0 Å². The molecule has 2 fully saturated rings. The number of rotatable bonds is 6. The molecule has 22 heavy (non-hydrogen) atoms. The molecule has 1 amide bonds. The molecule has 2 rings (SSSR count). The van der Waals surface area contributed by atoms with Crippen LogP contribution in [0.5, 0.6) is 0 Å². The Balaban J connectivity index is 1.82. The van der Waals surface area contributed by atoms with E-state index in [0.29, 0.717) is 17.9 Å². The van der Waals surface area contributed by atoms with E-state index in [1.807, 2.05) is 0 Å². The molecule has 0 spiro atoms. The Morgan fingerprint density at radius 1 is 1.09 bits per heavy atom. The van der Waals surface area contributed by atoms with Crippen molar-refractivity contribution in [2.45, 2.75) is 58.4 Å². The van der Waals surface area contributed by atoms with Crippen molar-refractivity contribution < 1.29 is 4.79 Å². The summed E-state index contributed by atoms with van der Waals surface area (Å²) < 4.78 is 0. The van der Waals surface area contributed by atoms with Crippen LogP contribution in [-0.4, -0.2) is 61.5 Å². The third-order valence-corrected chi connectivity index (χ3v) is 5.29. The number of carbonyl (C=O) groups excluding carboxylic acids is 1. The molecule has 1 unspecified atom stereocenters. The maximum atomic E-state index is 12.4. The van der Waals surface area contributed by atoms with E-state index >= 15 is 0 Å². The van der Waals surface area contributed by atoms with Crippen molar-refractivity contribution in [3.63, 3.8) is 0 Å². The van der Waals surface area contributed by atoms with Gasteiger partial charge in [-0.3, -0.25) is 9.69 Å². The maximum Gasteiger partial charge on any atom is 0.223 e. The van der Waals surface area contributed by atoms with Gasteiger partial charge < -0.3 is 10.2 Å². The van der Waals surface area contributed by atoms with Gasteiger partial charge in [0.25, 0.3) is 0 Å². The number of carbonyl (C=O) groups is 1. The number of likely N-dealkylation sites (N-methyl/N-ethyl adjacent to an activating group) is 1. The van der Waals surface area contributed by atoms with Crippen LogP contribution in [0.4, 0.5) is 0 Å². The number of piperazine rings is 1. The zero-order valence-corrected chi connectivity index (χ0v) is 14.8. The summed E-state index contributed by atoms with van der Waals surface area (Å²) in [6.07, 6.45) is 7.12. The topological polar surface area (TPSA) is 35.6 Å². The van der Waals surface area contributed by atoms with Crippen molar-refractivity contribution in [3.8, 4) is 0 Å². The molecule has 1 aliphatic heterocycles. The van der Waals surface area contributed by atoms with E-state index in [1.165, 1.54) is 25.7 Å². The summed E-state index contributed by atoms with van der Waals surface area (Å²) in [5.41, 5.74) is 0. The lowest BCUT2D eigenvalue weighted by Gasteiger charge is -2.39. The third kappa shape index (κ3) is 5.54. The summed E-state index contributed by atoms with van der Waals surface area (Å²) in [6.45, 7) is 9.95. The van der Waals surface area contributed by atoms with Gasteiger partial charge in [-0.1, -0.05) is 33.1 Å². The molecule has 0 aromatic heterocycles. The van der Waals surface area contributed by atoms with E-state index in [0.717, 1.165) is 45.6 Å². The molecule has 1 heterocycles. The van der Waals surface area contributed by atoms with Gasteiger partial charge in [-0.25, -0.2) is 0 Å². The van der Waals surface area contributed by atoms with Crippen LogP contribution in [-0.2, 0) is 4.79 Å². The Labute approximate surface area is 136 Å². The van der Waals surface area contributed by atoms with Crippen molar-refractivity contribution in [1.82, 2.24) is 15.1 Å². The summed E-state index contributed by atoms with van der Waals surface area (Å²) in [7, 11) is 2.19. The molecule has 4 heteroatoms. The highest BCUT2D eigenvalue weighted by Crippen LogP contribution is 2.23. The van der Waals surface area contributed by atoms with Crippen LogP contribution >= 0.6 is 0 Å². The molecule has 0 aromatic carbocycles. The normalized spacial score (nSPS) is 23.6. The first kappa shape index (κ1) is 17.7. The molecule has 0 bridgehead atoms. The fraction of sp³-hybridized carbons (Fsp3) is 0.944. The fourth-order valence-corrected chi connectivity index (χ4v) is 3.82. The zero-order chi connectivity index (χ0) is 15.9. The summed E-state index contributed by atoms with van der Waals surface area (Å²) >= 11 is 0. The van der Waals surface area contributed by atoms with Crippen LogP contribution in [0.15, 0.2) is 0 Å². The molecule has 0 radical (unpaired) electrons. The fourth-order valence-electron chi connectivity index (χ4n) is 3.82. The molecule has 1 atom stereocenters. The van der Waals surface area contributed by atoms with Gasteiger partial charge in [0.05, 0.1) is 0 Å². The number of hydrogen-bond donors (Lipinski definition) is 1. The molecule has 1 N–H and O–H groups in total. The number of nitrogens with zero attached hydrogens (tertiary/aromatic N) is 2. The van der Waals surface area contributed by atoms with Crippen LogP contribution in [0.2, 0.25) is 0 Å². The Kier molecular flexibility index (Phi) is 7.16. The van der Waals surface area contributed by atoms with Gasteiger partial charge in [0.2, 0.25) is 5.91 Å². The van der Waals surface area contributed by atoms with Gasteiger partial charge in [-0.2, -0.15) is 0 Å². The first-order valence-electron chi connectivity index (χ1n) is 9.26. The number of hydrogen-bond acceptors (Lipinski definition) is 3. The van der Waals surface area contributed by atoms with Crippen LogP contribution in [0.3, 0.4) is 0 Å². The van der Waals surface area contributed by atoms with Crippen molar-refractivity contribution in [3.05, 3.63) is 0 Å². The lowest BCUT2D eigenvalue weighted by molar-refractivity contribution is -0.126. The molecule has 2 aliphatic rings. The first-order chi connectivity index (χ1) is 10.6. The average molecular weight is 309 g/mol. The zero-order valence-electron chi connectivity index (χ0n) is 14.8. The number of nitrogens with one attached hydrogen (secondary N) is 1. The predicted molar refractivity (Wildman–Crippen MR) is 91.9 cm³/mol. The standard InChI is InChI=1S/C18H35N3O/c1-15(2)13-17(21-11-9-20(3)10-12-21)14-19-18(22)16-7-5-4-6-8-16/h15-17H,4-14H2,1-3H3,(H,19,22). The molecule has 0 aromatic rings. The minimum atomic E-state index is 0.279. The third-order valence-electron chi connectivity index (χ3n) is 5.29. The highest BCUT2D eigenvalue weighted by molar-refractivity contribution is 5.78. The quantitative estimate of drug-likeness (QED) is 0.818. The molecular formula is C18H35N3O. The van der Waals surface area contributed by atoms with Gasteiger partial charge in [0, 0.05) is 44.7 Å². The van der Waals surface area contributed by atoms with Gasteiger partial charge >= 0.3 is 0 Å². The largest absolute Gasteiger partial charge is 0.354 e. The molecular weight excluding hydrogens is 274 g/mol. The van der Waals surface area contributed by atoms with Gasteiger partial charge in [0.1, 0.15) is 0 Å². The minimum absolute atomic E-state index is 0.279. The Bertz CT molecular complexity index is 331. The van der Waals surface area contributed by atoms with Crippen LogP contribution in [0, 0.1) is 11.8 Å². The Morgan fingerprint density at radius 2 is 1.73 bits per heavy atom. The predicted octanol–water partition coefficient (Wildman–Crippen LogP) is 2.35. The van der Waals surface area contributed by atoms with Gasteiger partial charge in [-0.15, -0.1) is 0 Å². The second-order valence-electron chi connectivity index (χ2n) is 7.70. The Hall–Kier alpha value is -0.610. The smallest absolute Gasteiger partial charge is 0.223 e. The van der Waals surface area contributed by atoms with E-state index in [9.17, 15) is 4.79 Å². The number of amides is 1. The van der Waals surface area contributed by atoms with Crippen LogP contribution < -0.4 is 5.32 Å². The van der Waals surface area contributed by atoms with E-state index in [4.69, 9.17) is 0 Å². The van der Waals surface area contributed by atoms with E-state index < -0.39 is 0 Å². The lowest BCUT2D eigenvalue weighted by atomic mass is 9.88. The van der Waals surface area contributed by atoms with Crippen molar-refractivity contribution >= 4 is 5.91 Å². The van der Waals surface area contributed by atoms with Crippen molar-refractivity contribution in [1.29, 1.82) is 0 Å². The molecule has 1 aliphatic carbocycles. The van der Waals surface area contributed by atoms with Crippen molar-refractivity contribution in [2.75, 3.05) is 39.8 Å². The maximum absolute atomic E-state index is 12.4. The highest BCUT2D eigenvalue weighted by Gasteiger charge is 2.26. The first-order valence-corrected chi connectivity index (χ1v) is 9.26. The molecule has 1 saturated heterocycles. The second kappa shape index (κ2) is 8.88. The summed E-state index contributed by atoms with van der Waals surface area (Å²) in [4.78, 5) is 17.4. The average Bonchev–Trinajstić information content (AvgIpc) is 2.52. The summed E-state index contributed by atoms with van der Waals surface area (Å²) in [6, 6.07) is 0.501. The minimum Gasteiger partial charge on any atom is -0.354 e. The molecule has 4 nitrogen and oxygen atoms in total. The van der Waals surface area contributed by atoms with E-state index in [-0.39, 0.29) is 5.92 Å². The lowest BCUT2D eigenvalue weighted by Crippen LogP contribution is -2.53. The Morgan fingerprint density at radius 3 is 2.32 bits per heavy atom. The van der Waals surface area contributed by atoms with E-state index in [1.54, 1.807) is 0 Å². The summed E-state index contributed by atoms with van der Waals surface area (Å²) in [5, 5.41) is 3.27. The molecule has 1 saturated carbocycles. The van der Waals surface area contributed by atoms with Crippen LogP contribution in [0.1, 0.15) is 52.4 Å².